The van der Waals surface area contributed by atoms with Crippen molar-refractivity contribution in [1.82, 2.24) is 4.90 Å². The molecule has 0 aromatic rings. The highest BCUT2D eigenvalue weighted by Gasteiger charge is 2.39. The normalized spacial score (nSPS) is 38.6. The Bertz CT molecular complexity index is 292. The largest absolute Gasteiger partial charge is 0.481 e. The van der Waals surface area contributed by atoms with Crippen LogP contribution in [0.4, 0.5) is 0 Å². The Balaban J connectivity index is 2.12. The molecule has 2 rings (SSSR count). The molecule has 1 saturated heterocycles. The lowest BCUT2D eigenvalue weighted by Crippen LogP contribution is -2.52. The highest BCUT2D eigenvalue weighted by atomic mass is 16.4. The van der Waals surface area contributed by atoms with Crippen LogP contribution in [-0.4, -0.2) is 34.6 Å². The number of rotatable bonds is 3. The molecule has 4 atom stereocenters. The van der Waals surface area contributed by atoms with E-state index < -0.39 is 5.97 Å². The van der Waals surface area contributed by atoms with Gasteiger partial charge in [0.15, 0.2) is 0 Å². The molecule has 0 bridgehead atoms. The molecule has 1 saturated carbocycles. The van der Waals surface area contributed by atoms with Gasteiger partial charge in [-0.25, -0.2) is 0 Å². The lowest BCUT2D eigenvalue weighted by Gasteiger charge is -2.46. The van der Waals surface area contributed by atoms with Gasteiger partial charge in [-0.15, -0.1) is 0 Å². The van der Waals surface area contributed by atoms with Crippen LogP contribution in [0.1, 0.15) is 58.8 Å². The SMILES string of the molecule is CCC1CCCCN1C1CC(C)CCC1C(=O)O. The van der Waals surface area contributed by atoms with E-state index in [0.717, 1.165) is 32.2 Å². The summed E-state index contributed by atoms with van der Waals surface area (Å²) in [4.78, 5) is 14.0. The number of carboxylic acid groups (broad SMARTS) is 1. The van der Waals surface area contributed by atoms with E-state index >= 15 is 0 Å². The van der Waals surface area contributed by atoms with Crippen molar-refractivity contribution in [3.05, 3.63) is 0 Å². The maximum absolute atomic E-state index is 11.5. The molecular weight excluding hydrogens is 226 g/mol. The monoisotopic (exact) mass is 253 g/mol. The van der Waals surface area contributed by atoms with Crippen LogP contribution < -0.4 is 0 Å². The lowest BCUT2D eigenvalue weighted by molar-refractivity contribution is -0.147. The van der Waals surface area contributed by atoms with Gasteiger partial charge in [0.25, 0.3) is 0 Å². The van der Waals surface area contributed by atoms with E-state index in [2.05, 4.69) is 18.7 Å². The second-order valence-electron chi connectivity index (χ2n) is 6.23. The zero-order valence-corrected chi connectivity index (χ0v) is 11.8. The number of likely N-dealkylation sites (tertiary alicyclic amines) is 1. The summed E-state index contributed by atoms with van der Waals surface area (Å²) in [6, 6.07) is 0.910. The number of hydrogen-bond acceptors (Lipinski definition) is 2. The third-order valence-corrected chi connectivity index (χ3v) is 4.97. The van der Waals surface area contributed by atoms with Crippen molar-refractivity contribution in [2.24, 2.45) is 11.8 Å². The molecule has 4 unspecified atom stereocenters. The maximum atomic E-state index is 11.5. The number of hydrogen-bond donors (Lipinski definition) is 1. The maximum Gasteiger partial charge on any atom is 0.308 e. The fourth-order valence-corrected chi connectivity index (χ4v) is 3.90. The number of nitrogens with zero attached hydrogens (tertiary/aromatic N) is 1. The molecule has 0 spiro atoms. The third-order valence-electron chi connectivity index (χ3n) is 4.97. The molecule has 3 heteroatoms. The zero-order valence-electron chi connectivity index (χ0n) is 11.8. The van der Waals surface area contributed by atoms with Crippen LogP contribution in [0, 0.1) is 11.8 Å². The van der Waals surface area contributed by atoms with Crippen LogP contribution >= 0.6 is 0 Å². The minimum absolute atomic E-state index is 0.131. The summed E-state index contributed by atoms with van der Waals surface area (Å²) in [7, 11) is 0. The topological polar surface area (TPSA) is 40.5 Å². The summed E-state index contributed by atoms with van der Waals surface area (Å²) >= 11 is 0. The minimum Gasteiger partial charge on any atom is -0.481 e. The first-order valence-corrected chi connectivity index (χ1v) is 7.62. The summed E-state index contributed by atoms with van der Waals surface area (Å²) in [5.41, 5.74) is 0. The molecule has 0 aromatic heterocycles. The Kier molecular flexibility index (Phi) is 4.66. The van der Waals surface area contributed by atoms with Crippen molar-refractivity contribution in [3.63, 3.8) is 0 Å². The van der Waals surface area contributed by atoms with Crippen LogP contribution in [0.2, 0.25) is 0 Å². The standard InChI is InChI=1S/C15H27NO2/c1-3-12-6-4-5-9-16(12)14-10-11(2)7-8-13(14)15(17)18/h11-14H,3-10H2,1-2H3,(H,17,18). The second-order valence-corrected chi connectivity index (χ2v) is 6.23. The Labute approximate surface area is 111 Å². The fourth-order valence-electron chi connectivity index (χ4n) is 3.90. The van der Waals surface area contributed by atoms with E-state index in [1.807, 2.05) is 0 Å². The smallest absolute Gasteiger partial charge is 0.308 e. The Hall–Kier alpha value is -0.570. The van der Waals surface area contributed by atoms with Crippen molar-refractivity contribution in [2.75, 3.05) is 6.54 Å². The summed E-state index contributed by atoms with van der Waals surface area (Å²) in [6.07, 6.45) is 8.01. The lowest BCUT2D eigenvalue weighted by atomic mass is 9.77. The van der Waals surface area contributed by atoms with Crippen LogP contribution in [0.5, 0.6) is 0 Å². The highest BCUT2D eigenvalue weighted by molar-refractivity contribution is 5.71. The molecule has 18 heavy (non-hydrogen) atoms. The molecule has 2 fully saturated rings. The van der Waals surface area contributed by atoms with Crippen molar-refractivity contribution in [1.29, 1.82) is 0 Å². The van der Waals surface area contributed by atoms with Crippen LogP contribution in [0.25, 0.3) is 0 Å². The molecule has 1 aliphatic carbocycles. The van der Waals surface area contributed by atoms with Gasteiger partial charge in [0.1, 0.15) is 0 Å². The Morgan fingerprint density at radius 3 is 2.72 bits per heavy atom. The van der Waals surface area contributed by atoms with Crippen LogP contribution in [-0.2, 0) is 4.79 Å². The van der Waals surface area contributed by atoms with Gasteiger partial charge < -0.3 is 5.11 Å². The summed E-state index contributed by atoms with van der Waals surface area (Å²) < 4.78 is 0. The van der Waals surface area contributed by atoms with Gasteiger partial charge in [-0.1, -0.05) is 20.3 Å². The average molecular weight is 253 g/mol. The van der Waals surface area contributed by atoms with E-state index in [-0.39, 0.29) is 12.0 Å². The summed E-state index contributed by atoms with van der Waals surface area (Å²) in [6.45, 7) is 5.63. The van der Waals surface area contributed by atoms with Gasteiger partial charge >= 0.3 is 5.97 Å². The molecule has 1 N–H and O–H groups in total. The first-order chi connectivity index (χ1) is 8.63. The van der Waals surface area contributed by atoms with E-state index in [0.29, 0.717) is 12.0 Å². The molecule has 0 radical (unpaired) electrons. The second kappa shape index (κ2) is 6.05. The van der Waals surface area contributed by atoms with Crippen LogP contribution in [0.15, 0.2) is 0 Å². The van der Waals surface area contributed by atoms with Gasteiger partial charge in [0, 0.05) is 12.1 Å². The van der Waals surface area contributed by atoms with E-state index in [9.17, 15) is 9.90 Å². The first kappa shape index (κ1) is 13.9. The predicted molar refractivity (Wildman–Crippen MR) is 72.6 cm³/mol. The van der Waals surface area contributed by atoms with Crippen molar-refractivity contribution in [2.45, 2.75) is 70.9 Å². The summed E-state index contributed by atoms with van der Waals surface area (Å²) in [5.74, 6) is -0.0225. The van der Waals surface area contributed by atoms with Crippen molar-refractivity contribution < 1.29 is 9.90 Å². The molecule has 0 aromatic carbocycles. The van der Waals surface area contributed by atoms with E-state index in [1.165, 1.54) is 19.3 Å². The number of carboxylic acids is 1. The predicted octanol–water partition coefficient (Wildman–Crippen LogP) is 3.14. The van der Waals surface area contributed by atoms with Crippen molar-refractivity contribution >= 4 is 5.97 Å². The summed E-state index contributed by atoms with van der Waals surface area (Å²) in [5, 5.41) is 9.46. The fraction of sp³-hybridized carbons (Fsp3) is 0.933. The zero-order chi connectivity index (χ0) is 13.1. The minimum atomic E-state index is -0.577. The molecular formula is C15H27NO2. The van der Waals surface area contributed by atoms with E-state index in [4.69, 9.17) is 0 Å². The van der Waals surface area contributed by atoms with E-state index in [1.54, 1.807) is 0 Å². The first-order valence-electron chi connectivity index (χ1n) is 7.62. The highest BCUT2D eigenvalue weighted by Crippen LogP contribution is 2.36. The Morgan fingerprint density at radius 2 is 2.06 bits per heavy atom. The van der Waals surface area contributed by atoms with Crippen molar-refractivity contribution in [3.8, 4) is 0 Å². The molecule has 1 aliphatic heterocycles. The average Bonchev–Trinajstić information content (AvgIpc) is 2.38. The molecule has 2 aliphatic rings. The third kappa shape index (κ3) is 2.87. The molecule has 104 valence electrons. The molecule has 1 heterocycles. The van der Waals surface area contributed by atoms with Gasteiger partial charge in [0.2, 0.25) is 0 Å². The quantitative estimate of drug-likeness (QED) is 0.840. The van der Waals surface area contributed by atoms with Gasteiger partial charge in [-0.3, -0.25) is 9.69 Å². The number of carbonyl (C=O) groups is 1. The number of piperidine rings is 1. The van der Waals surface area contributed by atoms with Crippen LogP contribution in [0.3, 0.4) is 0 Å². The molecule has 3 nitrogen and oxygen atoms in total. The van der Waals surface area contributed by atoms with Gasteiger partial charge in [-0.2, -0.15) is 0 Å². The Morgan fingerprint density at radius 1 is 1.28 bits per heavy atom. The van der Waals surface area contributed by atoms with Gasteiger partial charge in [-0.05, 0) is 51.0 Å². The molecule has 0 amide bonds. The van der Waals surface area contributed by atoms with Gasteiger partial charge in [0.05, 0.1) is 5.92 Å². The number of aliphatic carboxylic acids is 1.